The van der Waals surface area contributed by atoms with Gasteiger partial charge in [0.05, 0.1) is 6.10 Å². The number of ether oxygens (including phenoxy) is 1. The molecule has 5 nitrogen and oxygen atoms in total. The quantitative estimate of drug-likeness (QED) is 0.719. The zero-order valence-electron chi connectivity index (χ0n) is 15.2. The van der Waals surface area contributed by atoms with E-state index in [-0.39, 0.29) is 17.9 Å². The molecule has 1 heterocycles. The lowest BCUT2D eigenvalue weighted by atomic mass is 9.97. The van der Waals surface area contributed by atoms with Crippen LogP contribution in [-0.2, 0) is 20.9 Å². The summed E-state index contributed by atoms with van der Waals surface area (Å²) in [6.07, 6.45) is 1.88. The van der Waals surface area contributed by atoms with Crippen molar-refractivity contribution in [2.45, 2.75) is 58.2 Å². The molecule has 1 saturated heterocycles. The Balaban J connectivity index is 1.95. The summed E-state index contributed by atoms with van der Waals surface area (Å²) in [7, 11) is 0. The normalized spacial score (nSPS) is 20.4. The van der Waals surface area contributed by atoms with Crippen molar-refractivity contribution in [2.24, 2.45) is 0 Å². The van der Waals surface area contributed by atoms with E-state index in [0.29, 0.717) is 37.6 Å². The van der Waals surface area contributed by atoms with E-state index in [1.165, 1.54) is 0 Å². The maximum absolute atomic E-state index is 12.7. The summed E-state index contributed by atoms with van der Waals surface area (Å²) in [5, 5.41) is 3.60. The minimum absolute atomic E-state index is 0.00995. The second-order valence-corrected chi connectivity index (χ2v) is 7.35. The number of nitrogens with one attached hydrogen (secondary N) is 1. The summed E-state index contributed by atoms with van der Waals surface area (Å²) in [4.78, 5) is 26.7. The van der Waals surface area contributed by atoms with Crippen LogP contribution in [0.5, 0.6) is 0 Å². The first-order valence-corrected chi connectivity index (χ1v) is 9.15. The van der Waals surface area contributed by atoms with E-state index in [1.54, 1.807) is 17.0 Å². The van der Waals surface area contributed by atoms with Crippen LogP contribution in [0.3, 0.4) is 0 Å². The molecule has 1 aromatic carbocycles. The SMILES string of the molecule is CC(C)OCCCNC(=O)[C@]1(C)CCC(=O)N1Cc1ccc(Cl)cc1. The third-order valence-corrected chi connectivity index (χ3v) is 4.78. The molecule has 1 atom stereocenters. The van der Waals surface area contributed by atoms with Crippen molar-refractivity contribution in [1.82, 2.24) is 10.2 Å². The van der Waals surface area contributed by atoms with E-state index in [2.05, 4.69) is 5.32 Å². The number of nitrogens with zero attached hydrogens (tertiary/aromatic N) is 1. The van der Waals surface area contributed by atoms with Gasteiger partial charge in [-0.15, -0.1) is 0 Å². The second-order valence-electron chi connectivity index (χ2n) is 6.91. The van der Waals surface area contributed by atoms with Gasteiger partial charge in [-0.05, 0) is 51.3 Å². The van der Waals surface area contributed by atoms with Crippen molar-refractivity contribution >= 4 is 23.4 Å². The topological polar surface area (TPSA) is 58.6 Å². The van der Waals surface area contributed by atoms with Crippen molar-refractivity contribution < 1.29 is 14.3 Å². The summed E-state index contributed by atoms with van der Waals surface area (Å²) in [6.45, 7) is 7.38. The summed E-state index contributed by atoms with van der Waals surface area (Å²) < 4.78 is 5.47. The zero-order valence-corrected chi connectivity index (χ0v) is 15.9. The van der Waals surface area contributed by atoms with Crippen LogP contribution in [0.4, 0.5) is 0 Å². The number of benzene rings is 1. The molecule has 2 rings (SSSR count). The maximum atomic E-state index is 12.7. The first kappa shape index (κ1) is 19.7. The van der Waals surface area contributed by atoms with E-state index >= 15 is 0 Å². The molecule has 1 fully saturated rings. The third kappa shape index (κ3) is 5.19. The molecule has 0 saturated carbocycles. The Kier molecular flexibility index (Phi) is 6.85. The van der Waals surface area contributed by atoms with Crippen molar-refractivity contribution in [3.05, 3.63) is 34.9 Å². The fraction of sp³-hybridized carbons (Fsp3) is 0.579. The predicted molar refractivity (Wildman–Crippen MR) is 98.4 cm³/mol. The smallest absolute Gasteiger partial charge is 0.245 e. The molecular weight excluding hydrogens is 340 g/mol. The van der Waals surface area contributed by atoms with Crippen molar-refractivity contribution in [3.63, 3.8) is 0 Å². The molecule has 1 aliphatic rings. The monoisotopic (exact) mass is 366 g/mol. The Morgan fingerprint density at radius 1 is 1.36 bits per heavy atom. The molecule has 1 aromatic rings. The third-order valence-electron chi connectivity index (χ3n) is 4.52. The number of hydrogen-bond donors (Lipinski definition) is 1. The largest absolute Gasteiger partial charge is 0.379 e. The molecule has 0 unspecified atom stereocenters. The first-order valence-electron chi connectivity index (χ1n) is 8.78. The lowest BCUT2D eigenvalue weighted by Crippen LogP contribution is -2.54. The number of carbonyl (C=O) groups is 2. The van der Waals surface area contributed by atoms with Crippen molar-refractivity contribution in [3.8, 4) is 0 Å². The Labute approximate surface area is 154 Å². The van der Waals surface area contributed by atoms with E-state index in [4.69, 9.17) is 16.3 Å². The van der Waals surface area contributed by atoms with Crippen LogP contribution in [0.15, 0.2) is 24.3 Å². The number of rotatable bonds is 8. The van der Waals surface area contributed by atoms with Crippen molar-refractivity contribution in [1.29, 1.82) is 0 Å². The molecule has 0 aromatic heterocycles. The number of amides is 2. The number of halogens is 1. The van der Waals surface area contributed by atoms with Crippen LogP contribution in [0.2, 0.25) is 5.02 Å². The lowest BCUT2D eigenvalue weighted by molar-refractivity contribution is -0.141. The first-order chi connectivity index (χ1) is 11.8. The van der Waals surface area contributed by atoms with Gasteiger partial charge >= 0.3 is 0 Å². The number of likely N-dealkylation sites (tertiary alicyclic amines) is 1. The van der Waals surface area contributed by atoms with E-state index < -0.39 is 5.54 Å². The van der Waals surface area contributed by atoms with Crippen LogP contribution in [0.1, 0.15) is 45.6 Å². The molecule has 138 valence electrons. The molecule has 1 N–H and O–H groups in total. The van der Waals surface area contributed by atoms with Crippen LogP contribution in [0, 0.1) is 0 Å². The molecule has 0 bridgehead atoms. The molecule has 0 spiro atoms. The highest BCUT2D eigenvalue weighted by atomic mass is 35.5. The summed E-state index contributed by atoms with van der Waals surface area (Å²) in [5.74, 6) is -0.0902. The molecule has 0 aliphatic carbocycles. The maximum Gasteiger partial charge on any atom is 0.245 e. The van der Waals surface area contributed by atoms with Gasteiger partial charge in [-0.25, -0.2) is 0 Å². The highest BCUT2D eigenvalue weighted by Gasteiger charge is 2.46. The predicted octanol–water partition coefficient (Wildman–Crippen LogP) is 3.15. The van der Waals surface area contributed by atoms with Gasteiger partial charge in [-0.3, -0.25) is 9.59 Å². The molecule has 2 amide bonds. The van der Waals surface area contributed by atoms with Crippen LogP contribution in [0.25, 0.3) is 0 Å². The van der Waals surface area contributed by atoms with Gasteiger partial charge in [0.15, 0.2) is 0 Å². The Morgan fingerprint density at radius 2 is 2.04 bits per heavy atom. The molecule has 1 aliphatic heterocycles. The van der Waals surface area contributed by atoms with Gasteiger partial charge in [-0.1, -0.05) is 23.7 Å². The number of carbonyl (C=O) groups excluding carboxylic acids is 2. The van der Waals surface area contributed by atoms with Gasteiger partial charge in [-0.2, -0.15) is 0 Å². The molecule has 6 heteroatoms. The Morgan fingerprint density at radius 3 is 2.68 bits per heavy atom. The minimum atomic E-state index is -0.810. The minimum Gasteiger partial charge on any atom is -0.379 e. The van der Waals surface area contributed by atoms with Gasteiger partial charge in [0.25, 0.3) is 0 Å². The van der Waals surface area contributed by atoms with Gasteiger partial charge in [0.1, 0.15) is 5.54 Å². The standard InChI is InChI=1S/C19H27ClN2O3/c1-14(2)25-12-4-11-21-18(24)19(3)10-9-17(23)22(19)13-15-5-7-16(20)8-6-15/h5-8,14H,4,9-13H2,1-3H3,(H,21,24)/t19-/m0/s1. The fourth-order valence-electron chi connectivity index (χ4n) is 2.95. The van der Waals surface area contributed by atoms with Crippen molar-refractivity contribution in [2.75, 3.05) is 13.2 Å². The highest BCUT2D eigenvalue weighted by Crippen LogP contribution is 2.32. The molecular formula is C19H27ClN2O3. The Hall–Kier alpha value is -1.59. The lowest BCUT2D eigenvalue weighted by Gasteiger charge is -2.34. The number of hydrogen-bond acceptors (Lipinski definition) is 3. The molecule has 0 radical (unpaired) electrons. The summed E-state index contributed by atoms with van der Waals surface area (Å²) in [6, 6.07) is 7.36. The second kappa shape index (κ2) is 8.68. The van der Waals surface area contributed by atoms with Gasteiger partial charge < -0.3 is 15.0 Å². The van der Waals surface area contributed by atoms with Gasteiger partial charge in [0, 0.05) is 31.1 Å². The average Bonchev–Trinajstić information content (AvgIpc) is 2.85. The zero-order chi connectivity index (χ0) is 18.4. The van der Waals surface area contributed by atoms with E-state index in [9.17, 15) is 9.59 Å². The van der Waals surface area contributed by atoms with E-state index in [1.807, 2.05) is 32.9 Å². The van der Waals surface area contributed by atoms with Gasteiger partial charge in [0.2, 0.25) is 11.8 Å². The van der Waals surface area contributed by atoms with E-state index in [0.717, 1.165) is 12.0 Å². The Bertz CT molecular complexity index is 603. The summed E-state index contributed by atoms with van der Waals surface area (Å²) in [5.41, 5.74) is 0.152. The van der Waals surface area contributed by atoms with Crippen LogP contribution >= 0.6 is 11.6 Å². The van der Waals surface area contributed by atoms with Crippen LogP contribution < -0.4 is 5.32 Å². The highest BCUT2D eigenvalue weighted by molar-refractivity contribution is 6.30. The average molecular weight is 367 g/mol. The summed E-state index contributed by atoms with van der Waals surface area (Å²) >= 11 is 5.91. The van der Waals surface area contributed by atoms with Crippen LogP contribution in [-0.4, -0.2) is 41.5 Å². The fourth-order valence-corrected chi connectivity index (χ4v) is 3.08. The molecule has 25 heavy (non-hydrogen) atoms.